The Morgan fingerprint density at radius 2 is 1.62 bits per heavy atom. The highest BCUT2D eigenvalue weighted by Crippen LogP contribution is 2.24. The van der Waals surface area contributed by atoms with E-state index in [0.717, 1.165) is 16.3 Å². The third-order valence-electron chi connectivity index (χ3n) is 5.39. The van der Waals surface area contributed by atoms with Crippen LogP contribution in [0.1, 0.15) is 46.9 Å². The third kappa shape index (κ3) is 4.18. The molecule has 0 atom stereocenters. The monoisotopic (exact) mass is 428 g/mol. The Hall–Kier alpha value is -3.77. The number of aromatic nitrogens is 2. The molecular weight excluding hydrogens is 404 g/mol. The van der Waals surface area contributed by atoms with Gasteiger partial charge in [0.1, 0.15) is 12.4 Å². The van der Waals surface area contributed by atoms with E-state index >= 15 is 0 Å². The van der Waals surface area contributed by atoms with E-state index in [2.05, 4.69) is 4.98 Å². The van der Waals surface area contributed by atoms with Crippen molar-refractivity contribution in [1.29, 1.82) is 0 Å². The first-order valence-corrected chi connectivity index (χ1v) is 10.5. The Labute approximate surface area is 185 Å². The van der Waals surface area contributed by atoms with Crippen molar-refractivity contribution in [2.75, 3.05) is 0 Å². The quantitative estimate of drug-likeness (QED) is 0.447. The molecule has 4 rings (SSSR count). The molecule has 0 bridgehead atoms. The van der Waals surface area contributed by atoms with E-state index in [1.807, 2.05) is 74.5 Å². The molecule has 4 aromatic rings. The normalized spacial score (nSPS) is 11.2. The van der Waals surface area contributed by atoms with Crippen LogP contribution in [-0.2, 0) is 18.1 Å². The average Bonchev–Trinajstić information content (AvgIpc) is 2.79. The largest absolute Gasteiger partial charge is 0.356 e. The maximum atomic E-state index is 13.8. The minimum Gasteiger partial charge on any atom is -0.356 e. The molecule has 6 heteroatoms. The van der Waals surface area contributed by atoms with Crippen LogP contribution in [0.5, 0.6) is 0 Å². The van der Waals surface area contributed by atoms with Gasteiger partial charge in [0.15, 0.2) is 0 Å². The van der Waals surface area contributed by atoms with Crippen LogP contribution in [0.2, 0.25) is 0 Å². The molecule has 0 aliphatic rings. The fourth-order valence-electron chi connectivity index (χ4n) is 3.87. The summed E-state index contributed by atoms with van der Waals surface area (Å²) in [4.78, 5) is 41.6. The number of H-pyrrole nitrogens is 1. The smallest absolute Gasteiger partial charge is 0.330 e. The SMILES string of the molecule is CC(C)c1c(C(=O)c2cccc3ccccc23)n(COCc2ccccc2)c(=O)[nH]c1=O. The molecule has 0 aliphatic heterocycles. The molecule has 1 aromatic heterocycles. The zero-order chi connectivity index (χ0) is 22.7. The van der Waals surface area contributed by atoms with Gasteiger partial charge >= 0.3 is 5.69 Å². The van der Waals surface area contributed by atoms with Gasteiger partial charge in [-0.3, -0.25) is 19.1 Å². The maximum absolute atomic E-state index is 13.8. The van der Waals surface area contributed by atoms with Gasteiger partial charge in [-0.25, -0.2) is 4.79 Å². The van der Waals surface area contributed by atoms with E-state index in [1.54, 1.807) is 12.1 Å². The van der Waals surface area contributed by atoms with Crippen molar-refractivity contribution < 1.29 is 9.53 Å². The lowest BCUT2D eigenvalue weighted by atomic mass is 9.94. The fourth-order valence-corrected chi connectivity index (χ4v) is 3.87. The first kappa shape index (κ1) is 21.5. The van der Waals surface area contributed by atoms with Gasteiger partial charge < -0.3 is 4.74 Å². The van der Waals surface area contributed by atoms with Gasteiger partial charge in [0.25, 0.3) is 5.56 Å². The van der Waals surface area contributed by atoms with Gasteiger partial charge in [-0.2, -0.15) is 0 Å². The van der Waals surface area contributed by atoms with Crippen molar-refractivity contribution in [2.45, 2.75) is 33.1 Å². The van der Waals surface area contributed by atoms with E-state index in [9.17, 15) is 14.4 Å². The summed E-state index contributed by atoms with van der Waals surface area (Å²) in [7, 11) is 0. The summed E-state index contributed by atoms with van der Waals surface area (Å²) in [6, 6.07) is 22.5. The highest BCUT2D eigenvalue weighted by atomic mass is 16.5. The molecular formula is C26H24N2O4. The lowest BCUT2D eigenvalue weighted by Gasteiger charge is -2.18. The van der Waals surface area contributed by atoms with E-state index in [1.165, 1.54) is 4.57 Å². The molecule has 0 fully saturated rings. The van der Waals surface area contributed by atoms with E-state index in [0.29, 0.717) is 5.56 Å². The van der Waals surface area contributed by atoms with Crippen LogP contribution in [0.15, 0.2) is 82.4 Å². The van der Waals surface area contributed by atoms with Gasteiger partial charge in [-0.05, 0) is 22.3 Å². The minimum absolute atomic E-state index is 0.0677. The average molecular weight is 428 g/mol. The van der Waals surface area contributed by atoms with Crippen LogP contribution >= 0.6 is 0 Å². The Morgan fingerprint density at radius 1 is 0.938 bits per heavy atom. The predicted molar refractivity (Wildman–Crippen MR) is 124 cm³/mol. The summed E-state index contributed by atoms with van der Waals surface area (Å²) in [6.07, 6.45) is 0. The Morgan fingerprint density at radius 3 is 2.38 bits per heavy atom. The molecule has 0 aliphatic carbocycles. The molecule has 0 amide bonds. The van der Waals surface area contributed by atoms with Gasteiger partial charge in [0.2, 0.25) is 5.78 Å². The Kier molecular flexibility index (Phi) is 6.14. The highest BCUT2D eigenvalue weighted by Gasteiger charge is 2.25. The molecule has 162 valence electrons. The number of aromatic amines is 1. The second kappa shape index (κ2) is 9.16. The van der Waals surface area contributed by atoms with E-state index in [4.69, 9.17) is 4.74 Å². The molecule has 6 nitrogen and oxygen atoms in total. The lowest BCUT2D eigenvalue weighted by molar-refractivity contribution is 0.0577. The summed E-state index contributed by atoms with van der Waals surface area (Å²) in [5, 5.41) is 1.67. The number of hydrogen-bond acceptors (Lipinski definition) is 4. The first-order chi connectivity index (χ1) is 15.5. The minimum atomic E-state index is -0.670. The van der Waals surface area contributed by atoms with E-state index in [-0.39, 0.29) is 36.3 Å². The van der Waals surface area contributed by atoms with Gasteiger partial charge in [-0.1, -0.05) is 86.6 Å². The third-order valence-corrected chi connectivity index (χ3v) is 5.39. The molecule has 1 heterocycles. The van der Waals surface area contributed by atoms with Crippen molar-refractivity contribution in [1.82, 2.24) is 9.55 Å². The number of carbonyl (C=O) groups excluding carboxylic acids is 1. The van der Waals surface area contributed by atoms with Crippen molar-refractivity contribution in [3.8, 4) is 0 Å². The number of fused-ring (bicyclic) bond motifs is 1. The molecule has 0 saturated heterocycles. The van der Waals surface area contributed by atoms with Crippen molar-refractivity contribution in [2.24, 2.45) is 0 Å². The van der Waals surface area contributed by atoms with Crippen molar-refractivity contribution in [3.63, 3.8) is 0 Å². The van der Waals surface area contributed by atoms with Crippen LogP contribution in [0.25, 0.3) is 10.8 Å². The summed E-state index contributed by atoms with van der Waals surface area (Å²) >= 11 is 0. The van der Waals surface area contributed by atoms with Crippen LogP contribution in [0.4, 0.5) is 0 Å². The molecule has 3 aromatic carbocycles. The number of nitrogens with one attached hydrogen (secondary N) is 1. The van der Waals surface area contributed by atoms with Crippen LogP contribution < -0.4 is 11.2 Å². The number of benzene rings is 3. The number of nitrogens with zero attached hydrogens (tertiary/aromatic N) is 1. The number of carbonyl (C=O) groups is 1. The van der Waals surface area contributed by atoms with Crippen molar-refractivity contribution >= 4 is 16.6 Å². The maximum Gasteiger partial charge on any atom is 0.330 e. The van der Waals surface area contributed by atoms with Gasteiger partial charge in [0.05, 0.1) is 6.61 Å². The first-order valence-electron chi connectivity index (χ1n) is 10.5. The molecule has 1 N–H and O–H groups in total. The molecule has 0 radical (unpaired) electrons. The zero-order valence-electron chi connectivity index (χ0n) is 18.0. The number of ether oxygens (including phenoxy) is 1. The molecule has 32 heavy (non-hydrogen) atoms. The molecule has 0 spiro atoms. The Balaban J connectivity index is 1.82. The fraction of sp³-hybridized carbons (Fsp3) is 0.192. The highest BCUT2D eigenvalue weighted by molar-refractivity contribution is 6.16. The zero-order valence-corrected chi connectivity index (χ0v) is 18.0. The molecule has 0 unspecified atom stereocenters. The second-order valence-corrected chi connectivity index (χ2v) is 7.92. The summed E-state index contributed by atoms with van der Waals surface area (Å²) < 4.78 is 6.99. The number of ketones is 1. The summed E-state index contributed by atoms with van der Waals surface area (Å²) in [5.41, 5.74) is 0.496. The number of hydrogen-bond donors (Lipinski definition) is 1. The van der Waals surface area contributed by atoms with Crippen molar-refractivity contribution in [3.05, 3.63) is 116 Å². The Bertz CT molecular complexity index is 1380. The standard InChI is InChI=1S/C26H24N2O4/c1-17(2)22-23(24(29)21-14-8-12-19-11-6-7-13-20(19)21)28(26(31)27-25(22)30)16-32-15-18-9-4-3-5-10-18/h3-14,17H,15-16H2,1-2H3,(H,27,30,31). The van der Waals surface area contributed by atoms with E-state index < -0.39 is 11.2 Å². The van der Waals surface area contributed by atoms with Crippen LogP contribution in [0.3, 0.4) is 0 Å². The second-order valence-electron chi connectivity index (χ2n) is 7.92. The lowest BCUT2D eigenvalue weighted by Crippen LogP contribution is -2.38. The van der Waals surface area contributed by atoms with Gasteiger partial charge in [-0.15, -0.1) is 0 Å². The van der Waals surface area contributed by atoms with Crippen LogP contribution in [0, 0.1) is 0 Å². The predicted octanol–water partition coefficient (Wildman–Crippen LogP) is 4.22. The number of rotatable bonds is 7. The van der Waals surface area contributed by atoms with Gasteiger partial charge in [0, 0.05) is 11.1 Å². The topological polar surface area (TPSA) is 81.2 Å². The summed E-state index contributed by atoms with van der Waals surface area (Å²) in [5.74, 6) is -0.648. The summed E-state index contributed by atoms with van der Waals surface area (Å²) in [6.45, 7) is 3.76. The van der Waals surface area contributed by atoms with Crippen LogP contribution in [-0.4, -0.2) is 15.3 Å². The molecule has 0 saturated carbocycles.